The van der Waals surface area contributed by atoms with Crippen molar-refractivity contribution in [2.75, 3.05) is 5.32 Å². The van der Waals surface area contributed by atoms with Gasteiger partial charge in [-0.1, -0.05) is 25.1 Å². The average Bonchev–Trinajstić information content (AvgIpc) is 2.34. The SMILES string of the molecule is CCC(Nc1ccccc1)C(C)NC(=O)OC(C)(C)C. The Bertz CT molecular complexity index is 412. The quantitative estimate of drug-likeness (QED) is 0.861. The van der Waals surface area contributed by atoms with Crippen LogP contribution in [0.15, 0.2) is 30.3 Å². The fraction of sp³-hybridized carbons (Fsp3) is 0.562. The van der Waals surface area contributed by atoms with Crippen LogP contribution in [0.1, 0.15) is 41.0 Å². The summed E-state index contributed by atoms with van der Waals surface area (Å²) >= 11 is 0. The van der Waals surface area contributed by atoms with Crippen LogP contribution in [0.2, 0.25) is 0 Å². The number of nitrogens with one attached hydrogen (secondary N) is 2. The maximum atomic E-state index is 11.8. The summed E-state index contributed by atoms with van der Waals surface area (Å²) in [7, 11) is 0. The largest absolute Gasteiger partial charge is 0.444 e. The molecule has 0 bridgehead atoms. The molecule has 2 unspecified atom stereocenters. The molecule has 0 aromatic heterocycles. The molecule has 1 aromatic carbocycles. The highest BCUT2D eigenvalue weighted by atomic mass is 16.6. The van der Waals surface area contributed by atoms with Crippen LogP contribution in [0, 0.1) is 0 Å². The lowest BCUT2D eigenvalue weighted by Gasteiger charge is -2.27. The molecule has 2 N–H and O–H groups in total. The molecule has 1 aromatic rings. The molecule has 0 radical (unpaired) electrons. The number of carbonyl (C=O) groups excluding carboxylic acids is 1. The number of para-hydroxylation sites is 1. The van der Waals surface area contributed by atoms with E-state index in [4.69, 9.17) is 4.74 Å². The Morgan fingerprint density at radius 3 is 2.35 bits per heavy atom. The van der Waals surface area contributed by atoms with Crippen molar-refractivity contribution in [3.8, 4) is 0 Å². The summed E-state index contributed by atoms with van der Waals surface area (Å²) in [5.74, 6) is 0. The third-order valence-corrected chi connectivity index (χ3v) is 2.91. The molecule has 20 heavy (non-hydrogen) atoms. The van der Waals surface area contributed by atoms with Gasteiger partial charge in [0.15, 0.2) is 0 Å². The van der Waals surface area contributed by atoms with Crippen molar-refractivity contribution in [1.82, 2.24) is 5.32 Å². The van der Waals surface area contributed by atoms with E-state index in [0.29, 0.717) is 0 Å². The molecule has 0 aliphatic rings. The summed E-state index contributed by atoms with van der Waals surface area (Å²) in [6.07, 6.45) is 0.532. The van der Waals surface area contributed by atoms with Gasteiger partial charge in [-0.15, -0.1) is 0 Å². The Hall–Kier alpha value is -1.71. The maximum absolute atomic E-state index is 11.8. The molecular formula is C16H26N2O2. The zero-order valence-corrected chi connectivity index (χ0v) is 13.1. The molecule has 0 heterocycles. The first-order chi connectivity index (χ1) is 9.31. The summed E-state index contributed by atoms with van der Waals surface area (Å²) in [5, 5.41) is 6.31. The summed E-state index contributed by atoms with van der Waals surface area (Å²) in [6, 6.07) is 10.1. The fourth-order valence-corrected chi connectivity index (χ4v) is 1.92. The highest BCUT2D eigenvalue weighted by Crippen LogP contribution is 2.12. The van der Waals surface area contributed by atoms with Gasteiger partial charge in [0.2, 0.25) is 0 Å². The summed E-state index contributed by atoms with van der Waals surface area (Å²) < 4.78 is 5.28. The van der Waals surface area contributed by atoms with Crippen LogP contribution in [-0.2, 0) is 4.74 Å². The first kappa shape index (κ1) is 16.3. The predicted octanol–water partition coefficient (Wildman–Crippen LogP) is 3.79. The van der Waals surface area contributed by atoms with Gasteiger partial charge in [0, 0.05) is 17.8 Å². The number of amides is 1. The molecule has 1 amide bonds. The number of hydrogen-bond acceptors (Lipinski definition) is 3. The van der Waals surface area contributed by atoms with Crippen molar-refractivity contribution in [2.45, 2.75) is 58.7 Å². The number of ether oxygens (including phenoxy) is 1. The molecule has 0 saturated heterocycles. The molecule has 0 spiro atoms. The average molecular weight is 278 g/mol. The van der Waals surface area contributed by atoms with E-state index in [9.17, 15) is 4.79 Å². The van der Waals surface area contributed by atoms with E-state index in [1.54, 1.807) is 0 Å². The second-order valence-electron chi connectivity index (χ2n) is 5.96. The van der Waals surface area contributed by atoms with Crippen LogP contribution < -0.4 is 10.6 Å². The molecule has 2 atom stereocenters. The molecule has 4 heteroatoms. The van der Waals surface area contributed by atoms with Crippen molar-refractivity contribution < 1.29 is 9.53 Å². The van der Waals surface area contributed by atoms with Gasteiger partial charge < -0.3 is 15.4 Å². The van der Waals surface area contributed by atoms with E-state index in [2.05, 4.69) is 17.6 Å². The summed E-state index contributed by atoms with van der Waals surface area (Å²) in [4.78, 5) is 11.8. The zero-order chi connectivity index (χ0) is 15.2. The van der Waals surface area contributed by atoms with Crippen LogP contribution >= 0.6 is 0 Å². The Labute approximate surface area is 121 Å². The number of alkyl carbamates (subject to hydrolysis) is 1. The number of rotatable bonds is 5. The fourth-order valence-electron chi connectivity index (χ4n) is 1.92. The van der Waals surface area contributed by atoms with Crippen LogP contribution in [0.25, 0.3) is 0 Å². The molecule has 4 nitrogen and oxygen atoms in total. The standard InChI is InChI=1S/C16H26N2O2/c1-6-14(18-13-10-8-7-9-11-13)12(2)17-15(19)20-16(3,4)5/h7-12,14,18H,6H2,1-5H3,(H,17,19). The van der Waals surface area contributed by atoms with Crippen molar-refractivity contribution in [2.24, 2.45) is 0 Å². The van der Waals surface area contributed by atoms with Gasteiger partial charge in [-0.3, -0.25) is 0 Å². The molecular weight excluding hydrogens is 252 g/mol. The zero-order valence-electron chi connectivity index (χ0n) is 13.1. The van der Waals surface area contributed by atoms with Crippen LogP contribution in [0.3, 0.4) is 0 Å². The van der Waals surface area contributed by atoms with E-state index >= 15 is 0 Å². The van der Waals surface area contributed by atoms with Crippen LogP contribution in [0.5, 0.6) is 0 Å². The normalized spacial score (nSPS) is 14.2. The molecule has 112 valence electrons. The Balaban J connectivity index is 2.55. The van der Waals surface area contributed by atoms with Crippen molar-refractivity contribution in [1.29, 1.82) is 0 Å². The lowest BCUT2D eigenvalue weighted by atomic mass is 10.1. The van der Waals surface area contributed by atoms with Crippen LogP contribution in [-0.4, -0.2) is 23.8 Å². The monoisotopic (exact) mass is 278 g/mol. The summed E-state index contributed by atoms with van der Waals surface area (Å²) in [6.45, 7) is 9.65. The van der Waals surface area contributed by atoms with E-state index < -0.39 is 5.60 Å². The first-order valence-electron chi connectivity index (χ1n) is 7.13. The van der Waals surface area contributed by atoms with Crippen molar-refractivity contribution in [3.05, 3.63) is 30.3 Å². The number of hydrogen-bond donors (Lipinski definition) is 2. The molecule has 1 rings (SSSR count). The third-order valence-electron chi connectivity index (χ3n) is 2.91. The lowest BCUT2D eigenvalue weighted by molar-refractivity contribution is 0.0503. The minimum atomic E-state index is -0.474. The second-order valence-corrected chi connectivity index (χ2v) is 5.96. The topological polar surface area (TPSA) is 50.4 Å². The minimum Gasteiger partial charge on any atom is -0.444 e. The second kappa shape index (κ2) is 7.17. The first-order valence-corrected chi connectivity index (χ1v) is 7.13. The van der Waals surface area contributed by atoms with Gasteiger partial charge in [-0.2, -0.15) is 0 Å². The van der Waals surface area contributed by atoms with Crippen molar-refractivity contribution in [3.63, 3.8) is 0 Å². The third kappa shape index (κ3) is 5.95. The molecule has 0 aliphatic carbocycles. The van der Waals surface area contributed by atoms with Gasteiger partial charge in [0.05, 0.1) is 0 Å². The molecule has 0 saturated carbocycles. The van der Waals surface area contributed by atoms with E-state index in [1.807, 2.05) is 58.0 Å². The van der Waals surface area contributed by atoms with Crippen molar-refractivity contribution >= 4 is 11.8 Å². The highest BCUT2D eigenvalue weighted by Gasteiger charge is 2.21. The van der Waals surface area contributed by atoms with Gasteiger partial charge in [0.1, 0.15) is 5.60 Å². The van der Waals surface area contributed by atoms with Crippen LogP contribution in [0.4, 0.5) is 10.5 Å². The highest BCUT2D eigenvalue weighted by molar-refractivity contribution is 5.68. The Morgan fingerprint density at radius 1 is 1.25 bits per heavy atom. The number of anilines is 1. The minimum absolute atomic E-state index is 0.0185. The predicted molar refractivity (Wildman–Crippen MR) is 83.0 cm³/mol. The van der Waals surface area contributed by atoms with Gasteiger partial charge >= 0.3 is 6.09 Å². The van der Waals surface area contributed by atoms with E-state index in [0.717, 1.165) is 12.1 Å². The Kier molecular flexibility index (Phi) is 5.86. The maximum Gasteiger partial charge on any atom is 0.407 e. The summed E-state index contributed by atoms with van der Waals surface area (Å²) in [5.41, 5.74) is 0.579. The van der Waals surface area contributed by atoms with Gasteiger partial charge in [-0.05, 0) is 46.2 Å². The smallest absolute Gasteiger partial charge is 0.407 e. The van der Waals surface area contributed by atoms with E-state index in [-0.39, 0.29) is 18.2 Å². The molecule has 0 aliphatic heterocycles. The van der Waals surface area contributed by atoms with E-state index in [1.165, 1.54) is 0 Å². The molecule has 0 fully saturated rings. The van der Waals surface area contributed by atoms with Gasteiger partial charge in [-0.25, -0.2) is 4.79 Å². The van der Waals surface area contributed by atoms with Gasteiger partial charge in [0.25, 0.3) is 0 Å². The Morgan fingerprint density at radius 2 is 1.85 bits per heavy atom. The lowest BCUT2D eigenvalue weighted by Crippen LogP contribution is -2.46. The number of benzene rings is 1. The number of carbonyl (C=O) groups is 1.